The van der Waals surface area contributed by atoms with Crippen LogP contribution in [-0.4, -0.2) is 66.8 Å². The molecule has 2 unspecified atom stereocenters. The van der Waals surface area contributed by atoms with Crippen LogP contribution in [0.3, 0.4) is 0 Å². The molecule has 0 bridgehead atoms. The normalized spacial score (nSPS) is 24.9. The second kappa shape index (κ2) is 8.14. The Morgan fingerprint density at radius 3 is 2.29 bits per heavy atom. The van der Waals surface area contributed by atoms with Crippen molar-refractivity contribution in [3.63, 3.8) is 0 Å². The summed E-state index contributed by atoms with van der Waals surface area (Å²) in [5, 5.41) is 11.2. The fourth-order valence-electron chi connectivity index (χ4n) is 3.92. The van der Waals surface area contributed by atoms with Crippen molar-refractivity contribution in [2.75, 3.05) is 26.2 Å². The third kappa shape index (κ3) is 4.18. The van der Waals surface area contributed by atoms with Gasteiger partial charge >= 0.3 is 0 Å². The van der Waals surface area contributed by atoms with Crippen molar-refractivity contribution in [2.45, 2.75) is 43.8 Å². The molecule has 2 aliphatic rings. The lowest BCUT2D eigenvalue weighted by Crippen LogP contribution is -2.51. The molecule has 2 atom stereocenters. The van der Waals surface area contributed by atoms with Crippen LogP contribution in [0.4, 0.5) is 5.69 Å². The molecule has 2 saturated heterocycles. The van der Waals surface area contributed by atoms with E-state index >= 15 is 0 Å². The van der Waals surface area contributed by atoms with Crippen molar-refractivity contribution < 1.29 is 22.9 Å². The summed E-state index contributed by atoms with van der Waals surface area (Å²) >= 11 is 0. The molecule has 1 aromatic rings. The van der Waals surface area contributed by atoms with E-state index in [9.17, 15) is 23.3 Å². The lowest BCUT2D eigenvalue weighted by atomic mass is 9.96. The quantitative estimate of drug-likeness (QED) is 0.550. The number of morpholine rings is 1. The van der Waals surface area contributed by atoms with Gasteiger partial charge in [0.2, 0.25) is 15.9 Å². The minimum Gasteiger partial charge on any atom is -0.372 e. The van der Waals surface area contributed by atoms with Gasteiger partial charge < -0.3 is 9.64 Å². The van der Waals surface area contributed by atoms with Gasteiger partial charge in [-0.05, 0) is 32.8 Å². The zero-order valence-corrected chi connectivity index (χ0v) is 16.8. The van der Waals surface area contributed by atoms with Crippen LogP contribution in [0.15, 0.2) is 29.2 Å². The molecule has 0 aliphatic carbocycles. The summed E-state index contributed by atoms with van der Waals surface area (Å²) in [7, 11) is -3.98. The second-order valence-electron chi connectivity index (χ2n) is 7.40. The maximum absolute atomic E-state index is 12.9. The van der Waals surface area contributed by atoms with Gasteiger partial charge in [0.15, 0.2) is 4.90 Å². The molecule has 0 aromatic heterocycles. The third-order valence-corrected chi connectivity index (χ3v) is 7.16. The summed E-state index contributed by atoms with van der Waals surface area (Å²) in [6.07, 6.45) is 0.760. The number of nitro groups is 1. The molecule has 2 heterocycles. The van der Waals surface area contributed by atoms with Crippen molar-refractivity contribution in [2.24, 2.45) is 5.92 Å². The molecular formula is C18H25N3O6S. The number of rotatable bonds is 4. The third-order valence-electron chi connectivity index (χ3n) is 5.21. The number of piperidine rings is 1. The Hall–Kier alpha value is -2.04. The first kappa shape index (κ1) is 20.7. The Balaban J connectivity index is 1.68. The van der Waals surface area contributed by atoms with Gasteiger partial charge in [-0.15, -0.1) is 0 Å². The van der Waals surface area contributed by atoms with E-state index < -0.39 is 20.6 Å². The van der Waals surface area contributed by atoms with Gasteiger partial charge in [-0.25, -0.2) is 8.42 Å². The first-order valence-electron chi connectivity index (χ1n) is 9.38. The van der Waals surface area contributed by atoms with Crippen molar-refractivity contribution in [1.29, 1.82) is 0 Å². The van der Waals surface area contributed by atoms with Gasteiger partial charge in [-0.2, -0.15) is 4.31 Å². The largest absolute Gasteiger partial charge is 0.372 e. The first-order chi connectivity index (χ1) is 13.2. The Bertz CT molecular complexity index is 841. The average molecular weight is 411 g/mol. The van der Waals surface area contributed by atoms with Gasteiger partial charge in [-0.3, -0.25) is 14.9 Å². The number of carbonyl (C=O) groups excluding carboxylic acids is 1. The van der Waals surface area contributed by atoms with Gasteiger partial charge in [-0.1, -0.05) is 12.1 Å². The second-order valence-corrected chi connectivity index (χ2v) is 9.31. The number of benzene rings is 1. The molecule has 0 spiro atoms. The average Bonchev–Trinajstić information content (AvgIpc) is 2.66. The van der Waals surface area contributed by atoms with Crippen molar-refractivity contribution >= 4 is 21.6 Å². The molecule has 28 heavy (non-hydrogen) atoms. The van der Waals surface area contributed by atoms with Crippen molar-refractivity contribution in [1.82, 2.24) is 9.21 Å². The summed E-state index contributed by atoms with van der Waals surface area (Å²) in [4.78, 5) is 24.8. The Kier molecular flexibility index (Phi) is 6.01. The van der Waals surface area contributed by atoms with Crippen LogP contribution in [0.25, 0.3) is 0 Å². The predicted octanol–water partition coefficient (Wildman–Crippen LogP) is 1.63. The lowest BCUT2D eigenvalue weighted by Gasteiger charge is -2.39. The van der Waals surface area contributed by atoms with Crippen molar-refractivity contribution in [3.05, 3.63) is 34.4 Å². The van der Waals surface area contributed by atoms with E-state index in [4.69, 9.17) is 4.74 Å². The number of hydrogen-bond acceptors (Lipinski definition) is 6. The molecule has 1 aromatic carbocycles. The van der Waals surface area contributed by atoms with E-state index in [2.05, 4.69) is 0 Å². The molecule has 2 fully saturated rings. The minimum atomic E-state index is -3.98. The zero-order valence-electron chi connectivity index (χ0n) is 16.0. The highest BCUT2D eigenvalue weighted by atomic mass is 32.2. The van der Waals surface area contributed by atoms with E-state index in [0.717, 1.165) is 0 Å². The smallest absolute Gasteiger partial charge is 0.289 e. The summed E-state index contributed by atoms with van der Waals surface area (Å²) in [6.45, 7) is 5.27. The van der Waals surface area contributed by atoms with E-state index in [-0.39, 0.29) is 42.0 Å². The highest BCUT2D eigenvalue weighted by Gasteiger charge is 2.37. The van der Waals surface area contributed by atoms with Crippen LogP contribution >= 0.6 is 0 Å². The first-order valence-corrected chi connectivity index (χ1v) is 10.8. The summed E-state index contributed by atoms with van der Waals surface area (Å²) in [6, 6.07) is 5.34. The number of nitrogens with zero attached hydrogens (tertiary/aromatic N) is 3. The van der Waals surface area contributed by atoms with Crippen LogP contribution in [0.2, 0.25) is 0 Å². The molecule has 0 N–H and O–H groups in total. The number of carbonyl (C=O) groups is 1. The van der Waals surface area contributed by atoms with Crippen molar-refractivity contribution in [3.8, 4) is 0 Å². The maximum Gasteiger partial charge on any atom is 0.289 e. The zero-order chi connectivity index (χ0) is 20.5. The lowest BCUT2D eigenvalue weighted by molar-refractivity contribution is -0.387. The SMILES string of the molecule is CC1CN(C(=O)C2CCN(S(=O)(=O)c3ccccc3[N+](=O)[O-])CC2)CC(C)O1. The fraction of sp³-hybridized carbons (Fsp3) is 0.611. The number of para-hydroxylation sites is 1. The number of hydrogen-bond donors (Lipinski definition) is 0. The van der Waals surface area contributed by atoms with E-state index in [1.54, 1.807) is 4.90 Å². The van der Waals surface area contributed by atoms with Crippen LogP contribution in [0.1, 0.15) is 26.7 Å². The monoisotopic (exact) mass is 411 g/mol. The molecule has 9 nitrogen and oxygen atoms in total. The predicted molar refractivity (Wildman–Crippen MR) is 101 cm³/mol. The number of amides is 1. The number of ether oxygens (including phenoxy) is 1. The van der Waals surface area contributed by atoms with E-state index in [1.165, 1.54) is 28.6 Å². The molecule has 154 valence electrons. The van der Waals surface area contributed by atoms with Gasteiger partial charge in [0.05, 0.1) is 17.1 Å². The highest BCUT2D eigenvalue weighted by molar-refractivity contribution is 7.89. The van der Waals surface area contributed by atoms with Gasteiger partial charge in [0.1, 0.15) is 0 Å². The molecule has 0 saturated carbocycles. The molecule has 10 heteroatoms. The Morgan fingerprint density at radius 2 is 1.71 bits per heavy atom. The van der Waals surface area contributed by atoms with Crippen LogP contribution in [0.5, 0.6) is 0 Å². The number of sulfonamides is 1. The Labute approximate surface area is 164 Å². The van der Waals surface area contributed by atoms with Crippen LogP contribution < -0.4 is 0 Å². The molecule has 2 aliphatic heterocycles. The summed E-state index contributed by atoms with van der Waals surface area (Å²) in [5.41, 5.74) is -0.433. The van der Waals surface area contributed by atoms with E-state index in [1.807, 2.05) is 13.8 Å². The molecule has 0 radical (unpaired) electrons. The summed E-state index contributed by atoms with van der Waals surface area (Å²) in [5.74, 6) is -0.209. The van der Waals surface area contributed by atoms with Gasteiger partial charge in [0, 0.05) is 38.2 Å². The highest BCUT2D eigenvalue weighted by Crippen LogP contribution is 2.30. The molecule has 3 rings (SSSR count). The standard InChI is InChI=1S/C18H25N3O6S/c1-13-11-19(12-14(2)27-13)18(22)15-7-9-20(10-8-15)28(25,26)17-6-4-3-5-16(17)21(23)24/h3-6,13-15H,7-12H2,1-2H3. The van der Waals surface area contributed by atoms with Crippen LogP contribution in [-0.2, 0) is 19.6 Å². The summed E-state index contributed by atoms with van der Waals surface area (Å²) < 4.78 is 32.7. The topological polar surface area (TPSA) is 110 Å². The number of nitro benzene ring substituents is 1. The maximum atomic E-state index is 12.9. The molecule has 1 amide bonds. The Morgan fingerprint density at radius 1 is 1.14 bits per heavy atom. The fourth-order valence-corrected chi connectivity index (χ4v) is 5.55. The van der Waals surface area contributed by atoms with Gasteiger partial charge in [0.25, 0.3) is 5.69 Å². The van der Waals surface area contributed by atoms with Crippen LogP contribution in [0, 0.1) is 16.0 Å². The van der Waals surface area contributed by atoms with E-state index in [0.29, 0.717) is 25.9 Å². The minimum absolute atomic E-state index is 0.0215. The molecular weight excluding hydrogens is 386 g/mol.